The Bertz CT molecular complexity index is 1240. The fourth-order valence-electron chi connectivity index (χ4n) is 4.42. The van der Waals surface area contributed by atoms with Gasteiger partial charge in [-0.05, 0) is 79.5 Å². The second-order valence-electron chi connectivity index (χ2n) is 9.51. The highest BCUT2D eigenvalue weighted by Gasteiger charge is 2.37. The highest BCUT2D eigenvalue weighted by molar-refractivity contribution is 5.98. The number of carbonyl (C=O) groups is 1. The molecule has 1 aliphatic rings. The van der Waals surface area contributed by atoms with E-state index in [-0.39, 0.29) is 13.2 Å². The van der Waals surface area contributed by atoms with Crippen molar-refractivity contribution in [2.24, 2.45) is 0 Å². The third-order valence-corrected chi connectivity index (χ3v) is 6.52. The molecule has 0 aliphatic carbocycles. The molecule has 4 rings (SSSR count). The van der Waals surface area contributed by atoms with E-state index >= 15 is 0 Å². The van der Waals surface area contributed by atoms with E-state index in [0.717, 1.165) is 16.3 Å². The van der Waals surface area contributed by atoms with Gasteiger partial charge in [-0.3, -0.25) is 0 Å². The molecule has 10 heteroatoms. The molecule has 0 spiro atoms. The summed E-state index contributed by atoms with van der Waals surface area (Å²) in [5.41, 5.74) is 1.87. The molecule has 3 aromatic carbocycles. The van der Waals surface area contributed by atoms with Gasteiger partial charge in [0.15, 0.2) is 6.29 Å². The molecule has 1 radical (unpaired) electrons. The number of rotatable bonds is 11. The Morgan fingerprint density at radius 3 is 2.54 bits per heavy atom. The van der Waals surface area contributed by atoms with E-state index in [1.54, 1.807) is 37.3 Å². The first kappa shape index (κ1) is 28.8. The van der Waals surface area contributed by atoms with E-state index in [4.69, 9.17) is 14.2 Å². The highest BCUT2D eigenvalue weighted by Crippen LogP contribution is 2.30. The Labute approximate surface area is 227 Å². The lowest BCUT2D eigenvalue weighted by molar-refractivity contribution is -0.271. The second-order valence-corrected chi connectivity index (χ2v) is 9.51. The summed E-state index contributed by atoms with van der Waals surface area (Å²) in [6.07, 6.45) is -5.25. The number of aliphatic hydroxyl groups is 3. The van der Waals surface area contributed by atoms with Crippen molar-refractivity contribution in [3.8, 4) is 5.75 Å². The monoisotopic (exact) mass is 539 g/mol. The van der Waals surface area contributed by atoms with Gasteiger partial charge in [0.1, 0.15) is 24.1 Å². The van der Waals surface area contributed by atoms with Gasteiger partial charge in [-0.25, -0.2) is 9.69 Å². The van der Waals surface area contributed by atoms with Gasteiger partial charge in [0.25, 0.3) is 0 Å². The topological polar surface area (TPSA) is 141 Å². The molecule has 1 unspecified atom stereocenters. The minimum absolute atomic E-state index is 0.0443. The maximum atomic E-state index is 12.0. The number of carboxylic acid groups (broad SMARTS) is 1. The lowest BCUT2D eigenvalue weighted by Gasteiger charge is -2.36. The van der Waals surface area contributed by atoms with Crippen LogP contribution in [0.5, 0.6) is 5.75 Å². The molecule has 1 fully saturated rings. The van der Waals surface area contributed by atoms with E-state index < -0.39 is 36.8 Å². The second kappa shape index (κ2) is 13.2. The van der Waals surface area contributed by atoms with E-state index in [0.29, 0.717) is 36.7 Å². The first-order chi connectivity index (χ1) is 18.7. The van der Waals surface area contributed by atoms with Crippen molar-refractivity contribution >= 4 is 28.2 Å². The van der Waals surface area contributed by atoms with Crippen molar-refractivity contribution in [3.63, 3.8) is 0 Å². The molecule has 0 saturated carbocycles. The summed E-state index contributed by atoms with van der Waals surface area (Å²) in [5.74, 6) is 0.687. The molecule has 39 heavy (non-hydrogen) atoms. The molecule has 1 heterocycles. The summed E-state index contributed by atoms with van der Waals surface area (Å²) in [6.45, 7) is 6.67. The maximum Gasteiger partial charge on any atom is 0.416 e. The zero-order chi connectivity index (χ0) is 27.9. The summed E-state index contributed by atoms with van der Waals surface area (Å²) in [6, 6.07) is 18.0. The molecule has 3 aromatic rings. The maximum absolute atomic E-state index is 12.0. The van der Waals surface area contributed by atoms with Crippen LogP contribution in [0.2, 0.25) is 0 Å². The van der Waals surface area contributed by atoms with Gasteiger partial charge < -0.3 is 40.0 Å². The third kappa shape index (κ3) is 7.45. The fourth-order valence-corrected chi connectivity index (χ4v) is 4.42. The summed E-state index contributed by atoms with van der Waals surface area (Å²) in [5, 5.41) is 45.2. The number of hydrogen-bond acceptors (Lipinski definition) is 8. The van der Waals surface area contributed by atoms with Gasteiger partial charge in [0.2, 0.25) is 0 Å². The molecule has 209 valence electrons. The first-order valence-corrected chi connectivity index (χ1v) is 12.9. The van der Waals surface area contributed by atoms with Gasteiger partial charge in [-0.1, -0.05) is 24.3 Å². The number of hydrogen-bond donors (Lipinski definition) is 5. The average Bonchev–Trinajstić information content (AvgIpc) is 2.92. The Morgan fingerprint density at radius 2 is 1.79 bits per heavy atom. The highest BCUT2D eigenvalue weighted by atomic mass is 16.7. The van der Waals surface area contributed by atoms with Gasteiger partial charge in [0.05, 0.1) is 30.7 Å². The first-order valence-electron chi connectivity index (χ1n) is 12.9. The van der Waals surface area contributed by atoms with Crippen molar-refractivity contribution in [1.82, 2.24) is 5.32 Å². The minimum atomic E-state index is -1.25. The number of anilines is 2. The Morgan fingerprint density at radius 1 is 1.10 bits per heavy atom. The molecular weight excluding hydrogens is 504 g/mol. The standard InChI is InChI=1S/C29H35N2O8/c1-18-4-8-22(9-5-18)31(29(35)36)23-10-6-21-15-24(11-7-20(21)14-23)37-13-3-12-30-16-25(32)27(34)28-26(33)17-38-19(2)39-28/h4-11,14-15,19,25-28,30,32-34H,1,3,12-13,16-17H2,2H3,(H,35,36)/t19?,25-,26+,27+,28+/m0/s1. The van der Waals surface area contributed by atoms with Crippen molar-refractivity contribution < 1.29 is 39.4 Å². The summed E-state index contributed by atoms with van der Waals surface area (Å²) < 4.78 is 16.4. The van der Waals surface area contributed by atoms with Crippen LogP contribution in [-0.2, 0) is 9.47 Å². The Kier molecular flexibility index (Phi) is 9.73. The predicted octanol–water partition coefficient (Wildman–Crippen LogP) is 3.04. The normalized spacial score (nSPS) is 20.9. The van der Waals surface area contributed by atoms with Gasteiger partial charge in [0, 0.05) is 6.54 Å². The van der Waals surface area contributed by atoms with Crippen LogP contribution in [0.1, 0.15) is 18.9 Å². The summed E-state index contributed by atoms with van der Waals surface area (Å²) in [7, 11) is 0. The average molecular weight is 540 g/mol. The zero-order valence-electron chi connectivity index (χ0n) is 21.8. The van der Waals surface area contributed by atoms with Crippen LogP contribution in [0.4, 0.5) is 16.2 Å². The SMILES string of the molecule is [CH2]c1ccc(N(C(=O)O)c2ccc3cc(OCCCNC[C@H](O)[C@@H](O)[C@@H]4OC(C)OC[C@H]4O)ccc3c2)cc1. The van der Waals surface area contributed by atoms with Gasteiger partial charge >= 0.3 is 6.09 Å². The van der Waals surface area contributed by atoms with E-state index in [2.05, 4.69) is 12.2 Å². The lowest BCUT2D eigenvalue weighted by Crippen LogP contribution is -2.54. The summed E-state index contributed by atoms with van der Waals surface area (Å²) >= 11 is 0. The largest absolute Gasteiger partial charge is 0.494 e. The molecule has 5 atom stereocenters. The van der Waals surface area contributed by atoms with Crippen LogP contribution in [0, 0.1) is 6.92 Å². The molecular formula is C29H35N2O8. The lowest BCUT2D eigenvalue weighted by atomic mass is 10.0. The number of amides is 1. The summed E-state index contributed by atoms with van der Waals surface area (Å²) in [4.78, 5) is 13.2. The van der Waals surface area contributed by atoms with Crippen molar-refractivity contribution in [2.75, 3.05) is 31.2 Å². The van der Waals surface area contributed by atoms with Crippen LogP contribution in [0.15, 0.2) is 60.7 Å². The van der Waals surface area contributed by atoms with E-state index in [1.807, 2.05) is 30.3 Å². The van der Waals surface area contributed by atoms with Crippen molar-refractivity contribution in [3.05, 3.63) is 73.2 Å². The fraction of sp³-hybridized carbons (Fsp3) is 0.379. The molecule has 0 bridgehead atoms. The zero-order valence-corrected chi connectivity index (χ0v) is 21.8. The number of nitrogens with one attached hydrogen (secondary N) is 1. The third-order valence-electron chi connectivity index (χ3n) is 6.52. The number of fused-ring (bicyclic) bond motifs is 1. The van der Waals surface area contributed by atoms with E-state index in [9.17, 15) is 25.2 Å². The quantitative estimate of drug-likeness (QED) is 0.233. The van der Waals surface area contributed by atoms with Crippen LogP contribution in [0.3, 0.4) is 0 Å². The number of aliphatic hydroxyl groups excluding tert-OH is 3. The smallest absolute Gasteiger partial charge is 0.416 e. The molecule has 1 aliphatic heterocycles. The van der Waals surface area contributed by atoms with Crippen LogP contribution < -0.4 is 15.0 Å². The minimum Gasteiger partial charge on any atom is -0.494 e. The van der Waals surface area contributed by atoms with Crippen molar-refractivity contribution in [2.45, 2.75) is 44.1 Å². The predicted molar refractivity (Wildman–Crippen MR) is 146 cm³/mol. The van der Waals surface area contributed by atoms with E-state index in [1.165, 1.54) is 4.90 Å². The molecule has 5 N–H and O–H groups in total. The van der Waals surface area contributed by atoms with Crippen LogP contribution in [0.25, 0.3) is 10.8 Å². The van der Waals surface area contributed by atoms with Crippen LogP contribution in [-0.4, -0.2) is 83.5 Å². The Balaban J connectivity index is 1.25. The Hall–Kier alpha value is -3.25. The molecule has 0 aromatic heterocycles. The molecule has 10 nitrogen and oxygen atoms in total. The number of nitrogens with zero attached hydrogens (tertiary/aromatic N) is 1. The van der Waals surface area contributed by atoms with Gasteiger partial charge in [-0.15, -0.1) is 0 Å². The van der Waals surface area contributed by atoms with Gasteiger partial charge in [-0.2, -0.15) is 0 Å². The number of benzene rings is 3. The molecule has 1 amide bonds. The number of ether oxygens (including phenoxy) is 3. The molecule has 1 saturated heterocycles. The van der Waals surface area contributed by atoms with Crippen LogP contribution >= 0.6 is 0 Å². The van der Waals surface area contributed by atoms with Crippen molar-refractivity contribution in [1.29, 1.82) is 0 Å².